The van der Waals surface area contributed by atoms with Crippen LogP contribution in [-0.4, -0.2) is 85.1 Å². The van der Waals surface area contributed by atoms with E-state index in [0.717, 1.165) is 0 Å². The van der Waals surface area contributed by atoms with Crippen LogP contribution in [0.1, 0.15) is 0 Å². The van der Waals surface area contributed by atoms with Gasteiger partial charge in [0, 0.05) is 0 Å². The van der Waals surface area contributed by atoms with Crippen molar-refractivity contribution >= 4 is 139 Å². The SMILES string of the molecule is [Ga+3].[Ga+3].[S-2].[S-2].[S-2].[S-2].[Sr+2]. The summed E-state index contributed by atoms with van der Waals surface area (Å²) in [4.78, 5) is 0. The monoisotopic (exact) mass is 354 g/mol. The van der Waals surface area contributed by atoms with Gasteiger partial charge in [0.25, 0.3) is 0 Å². The van der Waals surface area contributed by atoms with Crippen LogP contribution >= 0.6 is 0 Å². The molecule has 0 aromatic heterocycles. The van der Waals surface area contributed by atoms with Crippen molar-refractivity contribution in [1.29, 1.82) is 0 Å². The molecule has 0 N–H and O–H groups in total. The van der Waals surface area contributed by atoms with Gasteiger partial charge in [-0.2, -0.15) is 0 Å². The van der Waals surface area contributed by atoms with Crippen molar-refractivity contribution in [2.24, 2.45) is 0 Å². The van der Waals surface area contributed by atoms with Gasteiger partial charge < -0.3 is 54.0 Å². The molecular weight excluding hydrogens is 355 g/mol. The Balaban J connectivity index is 0. The summed E-state index contributed by atoms with van der Waals surface area (Å²) >= 11 is 0. The Morgan fingerprint density at radius 3 is 0.429 bits per heavy atom. The molecule has 0 aliphatic carbocycles. The molecule has 0 atom stereocenters. The fraction of sp³-hybridized carbons (Fsp3) is 0. The van der Waals surface area contributed by atoms with Gasteiger partial charge in [-0.15, -0.1) is 0 Å². The van der Waals surface area contributed by atoms with Gasteiger partial charge in [0.05, 0.1) is 0 Å². The Labute approximate surface area is 136 Å². The molecule has 32 valence electrons. The molecule has 0 spiro atoms. The van der Waals surface area contributed by atoms with Crippen molar-refractivity contribution in [3.8, 4) is 0 Å². The van der Waals surface area contributed by atoms with Crippen molar-refractivity contribution in [3.05, 3.63) is 0 Å². The molecule has 0 saturated carbocycles. The van der Waals surface area contributed by atoms with Crippen molar-refractivity contribution in [1.82, 2.24) is 0 Å². The topological polar surface area (TPSA) is 0 Å². The maximum absolute atomic E-state index is 0. The van der Waals surface area contributed by atoms with Crippen LogP contribution in [0.15, 0.2) is 0 Å². The number of rotatable bonds is 0. The Hall–Kier alpha value is 4.15. The predicted molar refractivity (Wildman–Crippen MR) is 46.7 cm³/mol. The molecule has 0 saturated heterocycles. The van der Waals surface area contributed by atoms with E-state index in [-0.39, 0.29) is 139 Å². The summed E-state index contributed by atoms with van der Waals surface area (Å²) in [6.45, 7) is 0. The number of hydrogen-bond acceptors (Lipinski definition) is 0. The zero-order chi connectivity index (χ0) is 0. The minimum absolute atomic E-state index is 0. The minimum atomic E-state index is 0. The summed E-state index contributed by atoms with van der Waals surface area (Å²) in [6, 6.07) is 0. The van der Waals surface area contributed by atoms with Gasteiger partial charge in [-0.1, -0.05) is 0 Å². The summed E-state index contributed by atoms with van der Waals surface area (Å²) in [7, 11) is 0. The van der Waals surface area contributed by atoms with Crippen LogP contribution in [0, 0.1) is 0 Å². The van der Waals surface area contributed by atoms with E-state index in [1.807, 2.05) is 0 Å². The van der Waals surface area contributed by atoms with Gasteiger partial charge in [-0.3, -0.25) is 0 Å². The molecule has 0 nitrogen and oxygen atoms in total. The van der Waals surface area contributed by atoms with E-state index < -0.39 is 0 Å². The first kappa shape index (κ1) is 66.7. The quantitative estimate of drug-likeness (QED) is 0.482. The van der Waals surface area contributed by atoms with Crippen LogP contribution in [0.4, 0.5) is 0 Å². The summed E-state index contributed by atoms with van der Waals surface area (Å²) in [5, 5.41) is 0. The van der Waals surface area contributed by atoms with E-state index in [9.17, 15) is 0 Å². The fourth-order valence-electron chi connectivity index (χ4n) is 0. The molecule has 0 aromatic rings. The zero-order valence-corrected chi connectivity index (χ0v) is 15.1. The maximum Gasteiger partial charge on any atom is 3.00 e. The van der Waals surface area contributed by atoms with Gasteiger partial charge in [-0.25, -0.2) is 0 Å². The van der Waals surface area contributed by atoms with Crippen LogP contribution in [0.3, 0.4) is 0 Å². The molecule has 0 aliphatic heterocycles. The first-order valence-electron chi connectivity index (χ1n) is 0. The molecule has 0 heterocycles. The van der Waals surface area contributed by atoms with Crippen LogP contribution in [0.2, 0.25) is 0 Å². The van der Waals surface area contributed by atoms with Gasteiger partial charge in [-0.05, 0) is 0 Å². The molecule has 0 rings (SSSR count). The Kier molecular flexibility index (Phi) is 470. The summed E-state index contributed by atoms with van der Waals surface area (Å²) in [5.41, 5.74) is 0. The zero-order valence-electron chi connectivity index (χ0n) is 3.49. The van der Waals surface area contributed by atoms with E-state index in [1.165, 1.54) is 0 Å². The fourth-order valence-corrected chi connectivity index (χ4v) is 0. The van der Waals surface area contributed by atoms with E-state index >= 15 is 0 Å². The van der Waals surface area contributed by atoms with Gasteiger partial charge in [0.1, 0.15) is 0 Å². The second kappa shape index (κ2) is 49.3. The summed E-state index contributed by atoms with van der Waals surface area (Å²) in [6.07, 6.45) is 0. The van der Waals surface area contributed by atoms with Crippen LogP contribution in [0.5, 0.6) is 0 Å². The van der Waals surface area contributed by atoms with Gasteiger partial charge in [0.2, 0.25) is 0 Å². The molecule has 0 unspecified atom stereocenters. The van der Waals surface area contributed by atoms with E-state index in [0.29, 0.717) is 0 Å². The van der Waals surface area contributed by atoms with Gasteiger partial charge >= 0.3 is 85.1 Å². The van der Waals surface area contributed by atoms with E-state index in [1.54, 1.807) is 0 Å². The third-order valence-corrected chi connectivity index (χ3v) is 0. The van der Waals surface area contributed by atoms with E-state index in [2.05, 4.69) is 0 Å². The predicted octanol–water partition coefficient (Wildman–Crippen LogP) is -1.15. The molecule has 0 amide bonds. The van der Waals surface area contributed by atoms with E-state index in [4.69, 9.17) is 0 Å². The molecule has 0 radical (unpaired) electrons. The van der Waals surface area contributed by atoms with Crippen LogP contribution in [0.25, 0.3) is 0 Å². The first-order valence-corrected chi connectivity index (χ1v) is 0. The molecular formula is Ga2S4Sr. The van der Waals surface area contributed by atoms with Crippen molar-refractivity contribution in [3.63, 3.8) is 0 Å². The van der Waals surface area contributed by atoms with Crippen LogP contribution in [-0.2, 0) is 54.0 Å². The molecule has 7 heavy (non-hydrogen) atoms. The largest absolute Gasteiger partial charge is 3.00 e. The normalized spacial score (nSPS) is 0. The third-order valence-electron chi connectivity index (χ3n) is 0. The second-order valence-corrected chi connectivity index (χ2v) is 0. The summed E-state index contributed by atoms with van der Waals surface area (Å²) in [5.74, 6) is 0. The molecule has 0 aliphatic rings. The van der Waals surface area contributed by atoms with Gasteiger partial charge in [0.15, 0.2) is 0 Å². The molecule has 0 aromatic carbocycles. The molecule has 0 fully saturated rings. The average molecular weight is 355 g/mol. The van der Waals surface area contributed by atoms with Crippen LogP contribution < -0.4 is 0 Å². The smallest absolute Gasteiger partial charge is 2.00 e. The first-order chi connectivity index (χ1) is 0. The van der Waals surface area contributed by atoms with Crippen molar-refractivity contribution in [2.45, 2.75) is 0 Å². The van der Waals surface area contributed by atoms with Crippen molar-refractivity contribution < 1.29 is 0 Å². The number of hydrogen-bond donors (Lipinski definition) is 0. The minimum Gasteiger partial charge on any atom is -2.00 e. The Bertz CT molecular complexity index is 9.65. The average Bonchev–Trinajstić information content (AvgIpc) is 0. The summed E-state index contributed by atoms with van der Waals surface area (Å²) < 4.78 is 0. The third kappa shape index (κ3) is 39.1. The Morgan fingerprint density at radius 2 is 0.429 bits per heavy atom. The second-order valence-electron chi connectivity index (χ2n) is 0. The standard InChI is InChI=1S/2Ga.4S.Sr/q2*+3;4*-2;+2. The molecule has 0 bridgehead atoms. The maximum atomic E-state index is 0. The Morgan fingerprint density at radius 1 is 0.429 bits per heavy atom. The molecule has 7 heteroatoms. The van der Waals surface area contributed by atoms with Crippen molar-refractivity contribution in [2.75, 3.05) is 0 Å².